The minimum Gasteiger partial charge on any atom is -0.493 e. The molecule has 1 N–H and O–H groups in total. The van der Waals surface area contributed by atoms with E-state index < -0.39 is 5.60 Å². The molecule has 0 spiro atoms. The van der Waals surface area contributed by atoms with Gasteiger partial charge in [0.2, 0.25) is 0 Å². The molecule has 0 bridgehead atoms. The number of aliphatic hydroxyl groups is 1. The number of rotatable bonds is 11. The molecule has 0 aliphatic carbocycles. The van der Waals surface area contributed by atoms with Gasteiger partial charge in [-0.3, -0.25) is 4.90 Å². The predicted molar refractivity (Wildman–Crippen MR) is 138 cm³/mol. The quantitative estimate of drug-likeness (QED) is 0.436. The Balaban J connectivity index is 1.35. The average Bonchev–Trinajstić information content (AvgIpc) is 3.25. The van der Waals surface area contributed by atoms with Gasteiger partial charge in [0.05, 0.1) is 26.9 Å². The fourth-order valence-corrected chi connectivity index (χ4v) is 4.44. The van der Waals surface area contributed by atoms with Crippen molar-refractivity contribution < 1.29 is 24.1 Å². The van der Waals surface area contributed by atoms with E-state index in [1.165, 1.54) is 0 Å². The van der Waals surface area contributed by atoms with Crippen molar-refractivity contribution in [2.75, 3.05) is 46.6 Å². The van der Waals surface area contributed by atoms with Crippen LogP contribution in [0.15, 0.2) is 54.9 Å². The second-order valence-electron chi connectivity index (χ2n) is 9.32. The summed E-state index contributed by atoms with van der Waals surface area (Å²) >= 11 is 0. The minimum absolute atomic E-state index is 0.166. The molecule has 0 unspecified atom stereocenters. The van der Waals surface area contributed by atoms with Gasteiger partial charge in [0, 0.05) is 38.4 Å². The minimum atomic E-state index is -1.10. The van der Waals surface area contributed by atoms with E-state index in [-0.39, 0.29) is 13.2 Å². The molecule has 1 aliphatic heterocycles. The third-order valence-electron chi connectivity index (χ3n) is 6.28. The van der Waals surface area contributed by atoms with E-state index in [9.17, 15) is 5.11 Å². The number of hydrogen-bond donors (Lipinski definition) is 1. The normalized spacial score (nSPS) is 18.6. The van der Waals surface area contributed by atoms with Gasteiger partial charge in [0.15, 0.2) is 11.5 Å². The maximum atomic E-state index is 11.2. The largest absolute Gasteiger partial charge is 0.493 e. The van der Waals surface area contributed by atoms with Gasteiger partial charge in [-0.1, -0.05) is 25.1 Å². The first-order valence-electron chi connectivity index (χ1n) is 12.5. The molecular formula is C28H37N3O5. The molecule has 3 aromatic rings. The van der Waals surface area contributed by atoms with Crippen LogP contribution in [0.25, 0.3) is 0 Å². The topological polar surface area (TPSA) is 78.2 Å². The van der Waals surface area contributed by atoms with Gasteiger partial charge in [-0.15, -0.1) is 0 Å². The molecule has 0 saturated carbocycles. The molecule has 2 heterocycles. The van der Waals surface area contributed by atoms with Crippen LogP contribution in [0.3, 0.4) is 0 Å². The Bertz CT molecular complexity index is 1120. The number of hydrogen-bond acceptors (Lipinski definition) is 7. The highest BCUT2D eigenvalue weighted by molar-refractivity contribution is 5.43. The molecule has 36 heavy (non-hydrogen) atoms. The number of β-amino-alcohol motifs (C(OH)–C–C–N with tert-alkyl or cyclic N) is 1. The molecule has 1 saturated heterocycles. The van der Waals surface area contributed by atoms with Crippen LogP contribution < -0.4 is 14.2 Å². The lowest BCUT2D eigenvalue weighted by atomic mass is 10.1. The molecular weight excluding hydrogens is 458 g/mol. The van der Waals surface area contributed by atoms with Crippen LogP contribution in [0.5, 0.6) is 17.2 Å². The van der Waals surface area contributed by atoms with E-state index in [1.54, 1.807) is 7.11 Å². The van der Waals surface area contributed by atoms with E-state index in [2.05, 4.69) is 21.4 Å². The second kappa shape index (κ2) is 12.3. The smallest absolute Gasteiger partial charge is 0.161 e. The van der Waals surface area contributed by atoms with Crippen molar-refractivity contribution >= 4 is 0 Å². The van der Waals surface area contributed by atoms with Crippen LogP contribution in [-0.4, -0.2) is 71.8 Å². The van der Waals surface area contributed by atoms with E-state index in [4.69, 9.17) is 18.9 Å². The highest BCUT2D eigenvalue weighted by Gasteiger charge is 2.33. The lowest BCUT2D eigenvalue weighted by Crippen LogP contribution is -2.48. The van der Waals surface area contributed by atoms with Crippen molar-refractivity contribution in [3.05, 3.63) is 71.8 Å². The predicted octanol–water partition coefficient (Wildman–Crippen LogP) is 3.48. The summed E-state index contributed by atoms with van der Waals surface area (Å²) in [4.78, 5) is 6.54. The van der Waals surface area contributed by atoms with E-state index >= 15 is 0 Å². The SMILES string of the molecule is CCc1nccn1CCOc1ccc(CN2CCOC[C@](O)(COc3cccc(C)c3)C2)cc1OC. The standard InChI is InChI=1S/C28H37N3O5/c1-4-27-29-10-11-31(27)13-15-35-25-9-8-23(17-26(25)33-3)18-30-12-14-34-20-28(32,19-30)21-36-24-7-5-6-22(2)16-24/h5-11,16-17,32H,4,12-15,18-21H2,1-3H3/t28-/m0/s1. The lowest BCUT2D eigenvalue weighted by Gasteiger charge is -2.30. The maximum absolute atomic E-state index is 11.2. The molecule has 8 heteroatoms. The third kappa shape index (κ3) is 7.00. The van der Waals surface area contributed by atoms with Crippen molar-refractivity contribution in [1.82, 2.24) is 14.5 Å². The first-order valence-corrected chi connectivity index (χ1v) is 12.5. The van der Waals surface area contributed by atoms with E-state index in [0.717, 1.165) is 42.2 Å². The Morgan fingerprint density at radius 1 is 1.14 bits per heavy atom. The van der Waals surface area contributed by atoms with Crippen molar-refractivity contribution in [2.45, 2.75) is 39.0 Å². The number of methoxy groups -OCH3 is 1. The summed E-state index contributed by atoms with van der Waals surface area (Å²) in [6.07, 6.45) is 4.68. The maximum Gasteiger partial charge on any atom is 0.161 e. The van der Waals surface area contributed by atoms with Gasteiger partial charge >= 0.3 is 0 Å². The van der Waals surface area contributed by atoms with Crippen molar-refractivity contribution in [3.63, 3.8) is 0 Å². The molecule has 194 valence electrons. The van der Waals surface area contributed by atoms with E-state index in [0.29, 0.717) is 37.8 Å². The number of ether oxygens (including phenoxy) is 4. The molecule has 1 aliphatic rings. The number of imidazole rings is 1. The highest BCUT2D eigenvalue weighted by Crippen LogP contribution is 2.29. The van der Waals surface area contributed by atoms with Crippen molar-refractivity contribution in [1.29, 1.82) is 0 Å². The average molecular weight is 496 g/mol. The van der Waals surface area contributed by atoms with Gasteiger partial charge in [-0.05, 0) is 42.3 Å². The van der Waals surface area contributed by atoms with Crippen LogP contribution in [0, 0.1) is 6.92 Å². The molecule has 1 fully saturated rings. The van der Waals surface area contributed by atoms with Crippen LogP contribution in [0.2, 0.25) is 0 Å². The fourth-order valence-electron chi connectivity index (χ4n) is 4.44. The zero-order valence-corrected chi connectivity index (χ0v) is 21.5. The Kier molecular flexibility index (Phi) is 8.85. The zero-order chi connectivity index (χ0) is 25.4. The first-order chi connectivity index (χ1) is 17.5. The van der Waals surface area contributed by atoms with Crippen LogP contribution in [-0.2, 0) is 24.2 Å². The van der Waals surface area contributed by atoms with Crippen LogP contribution in [0.1, 0.15) is 23.9 Å². The second-order valence-corrected chi connectivity index (χ2v) is 9.32. The molecule has 0 radical (unpaired) electrons. The van der Waals surface area contributed by atoms with Gasteiger partial charge in [0.25, 0.3) is 0 Å². The van der Waals surface area contributed by atoms with Crippen molar-refractivity contribution in [3.8, 4) is 17.2 Å². The number of benzene rings is 2. The Morgan fingerprint density at radius 2 is 2.03 bits per heavy atom. The zero-order valence-electron chi connectivity index (χ0n) is 21.5. The Hall–Kier alpha value is -3.07. The summed E-state index contributed by atoms with van der Waals surface area (Å²) in [6, 6.07) is 13.8. The molecule has 4 rings (SSSR count). The summed E-state index contributed by atoms with van der Waals surface area (Å²) in [5, 5.41) is 11.2. The molecule has 1 atom stereocenters. The summed E-state index contributed by atoms with van der Waals surface area (Å²) < 4.78 is 25.4. The van der Waals surface area contributed by atoms with E-state index in [1.807, 2.05) is 61.8 Å². The Labute approximate surface area is 213 Å². The third-order valence-corrected chi connectivity index (χ3v) is 6.28. The first kappa shape index (κ1) is 26.0. The number of nitrogens with zero attached hydrogens (tertiary/aromatic N) is 3. The summed E-state index contributed by atoms with van der Waals surface area (Å²) in [6.45, 7) is 8.15. The highest BCUT2D eigenvalue weighted by atomic mass is 16.5. The summed E-state index contributed by atoms with van der Waals surface area (Å²) in [5.41, 5.74) is 1.09. The van der Waals surface area contributed by atoms with Crippen molar-refractivity contribution in [2.24, 2.45) is 0 Å². The lowest BCUT2D eigenvalue weighted by molar-refractivity contribution is -0.0646. The summed E-state index contributed by atoms with van der Waals surface area (Å²) in [5.74, 6) is 3.20. The molecule has 2 aromatic carbocycles. The monoisotopic (exact) mass is 495 g/mol. The van der Waals surface area contributed by atoms with Gasteiger partial charge in [0.1, 0.15) is 30.4 Å². The van der Waals surface area contributed by atoms with Crippen LogP contribution in [0.4, 0.5) is 0 Å². The molecule has 0 amide bonds. The summed E-state index contributed by atoms with van der Waals surface area (Å²) in [7, 11) is 1.65. The van der Waals surface area contributed by atoms with Gasteiger partial charge in [-0.25, -0.2) is 4.98 Å². The van der Waals surface area contributed by atoms with Gasteiger partial charge < -0.3 is 28.6 Å². The fraction of sp³-hybridized carbons (Fsp3) is 0.464. The molecule has 1 aromatic heterocycles. The number of aryl methyl sites for hydroxylation is 2. The number of aromatic nitrogens is 2. The molecule has 8 nitrogen and oxygen atoms in total. The van der Waals surface area contributed by atoms with Gasteiger partial charge in [-0.2, -0.15) is 0 Å². The van der Waals surface area contributed by atoms with Crippen LogP contribution >= 0.6 is 0 Å². The Morgan fingerprint density at radius 3 is 2.83 bits per heavy atom.